The monoisotopic (exact) mass is 530 g/mol. The van der Waals surface area contributed by atoms with Gasteiger partial charge in [-0.3, -0.25) is 14.8 Å². The molecule has 4 heterocycles. The van der Waals surface area contributed by atoms with E-state index in [0.29, 0.717) is 6.04 Å². The molecule has 1 atom stereocenters. The maximum atomic E-state index is 4.94. The first-order chi connectivity index (χ1) is 13.8. The van der Waals surface area contributed by atoms with Gasteiger partial charge in [-0.1, -0.05) is 11.2 Å². The molecule has 0 spiro atoms. The first-order valence-corrected chi connectivity index (χ1v) is 11.1. The van der Waals surface area contributed by atoms with Crippen LogP contribution in [-0.4, -0.2) is 78.7 Å². The molecule has 2 fully saturated rings. The van der Waals surface area contributed by atoms with Crippen molar-refractivity contribution >= 4 is 41.3 Å². The molecule has 2 aromatic heterocycles. The first-order valence-electron chi connectivity index (χ1n) is 10.2. The highest BCUT2D eigenvalue weighted by Gasteiger charge is 2.26. The van der Waals surface area contributed by atoms with Crippen molar-refractivity contribution in [3.8, 4) is 0 Å². The second-order valence-corrected chi connectivity index (χ2v) is 8.44. The van der Waals surface area contributed by atoms with E-state index in [2.05, 4.69) is 47.7 Å². The van der Waals surface area contributed by atoms with Gasteiger partial charge in [0.15, 0.2) is 5.96 Å². The SMILES string of the molecule is CN=C(NCC(c1cccs1)N1CCCC1)N1CCN(Cc2ccon2)CC1.I. The molecule has 0 radical (unpaired) electrons. The molecule has 1 N–H and O–H groups in total. The summed E-state index contributed by atoms with van der Waals surface area (Å²) in [5.41, 5.74) is 1.00. The van der Waals surface area contributed by atoms with Crippen molar-refractivity contribution in [2.75, 3.05) is 52.9 Å². The maximum absolute atomic E-state index is 4.94. The molecule has 0 aliphatic carbocycles. The van der Waals surface area contributed by atoms with Crippen LogP contribution in [-0.2, 0) is 6.54 Å². The molecule has 1 unspecified atom stereocenters. The molecule has 7 nitrogen and oxygen atoms in total. The predicted octanol–water partition coefficient (Wildman–Crippen LogP) is 2.88. The van der Waals surface area contributed by atoms with Gasteiger partial charge in [-0.25, -0.2) is 0 Å². The summed E-state index contributed by atoms with van der Waals surface area (Å²) in [5, 5.41) is 9.86. The fourth-order valence-corrected chi connectivity index (χ4v) is 4.99. The quantitative estimate of drug-likeness (QED) is 0.352. The molecule has 0 amide bonds. The van der Waals surface area contributed by atoms with E-state index in [1.165, 1.54) is 30.8 Å². The minimum absolute atomic E-state index is 0. The molecule has 9 heteroatoms. The number of likely N-dealkylation sites (tertiary alicyclic amines) is 1. The second kappa shape index (κ2) is 11.3. The van der Waals surface area contributed by atoms with E-state index in [0.717, 1.165) is 50.9 Å². The highest BCUT2D eigenvalue weighted by Crippen LogP contribution is 2.27. The molecule has 2 aliphatic heterocycles. The van der Waals surface area contributed by atoms with Gasteiger partial charge in [0.05, 0.1) is 11.7 Å². The summed E-state index contributed by atoms with van der Waals surface area (Å²) in [5.74, 6) is 1.02. The topological polar surface area (TPSA) is 60.1 Å². The van der Waals surface area contributed by atoms with Crippen LogP contribution >= 0.6 is 35.3 Å². The summed E-state index contributed by atoms with van der Waals surface area (Å²) in [6, 6.07) is 6.80. The van der Waals surface area contributed by atoms with Crippen molar-refractivity contribution < 1.29 is 4.52 Å². The molecule has 2 saturated heterocycles. The van der Waals surface area contributed by atoms with Gasteiger partial charge < -0.3 is 14.7 Å². The molecule has 0 aromatic carbocycles. The number of halogens is 1. The Morgan fingerprint density at radius 2 is 2.00 bits per heavy atom. The highest BCUT2D eigenvalue weighted by molar-refractivity contribution is 14.0. The summed E-state index contributed by atoms with van der Waals surface area (Å²) in [6.45, 7) is 8.13. The van der Waals surface area contributed by atoms with Crippen molar-refractivity contribution in [2.24, 2.45) is 4.99 Å². The van der Waals surface area contributed by atoms with E-state index in [9.17, 15) is 0 Å². The third kappa shape index (κ3) is 5.93. The molecule has 4 rings (SSSR count). The van der Waals surface area contributed by atoms with E-state index in [1.54, 1.807) is 6.26 Å². The third-order valence-corrected chi connectivity index (χ3v) is 6.64. The Morgan fingerprint density at radius 1 is 1.21 bits per heavy atom. The van der Waals surface area contributed by atoms with Crippen molar-refractivity contribution in [1.82, 2.24) is 25.2 Å². The van der Waals surface area contributed by atoms with E-state index >= 15 is 0 Å². The van der Waals surface area contributed by atoms with E-state index in [-0.39, 0.29) is 24.0 Å². The number of guanidine groups is 1. The van der Waals surface area contributed by atoms with Crippen LogP contribution in [0.5, 0.6) is 0 Å². The van der Waals surface area contributed by atoms with E-state index in [4.69, 9.17) is 4.52 Å². The Morgan fingerprint density at radius 3 is 2.62 bits per heavy atom. The van der Waals surface area contributed by atoms with Crippen molar-refractivity contribution in [2.45, 2.75) is 25.4 Å². The van der Waals surface area contributed by atoms with Gasteiger partial charge in [-0.05, 0) is 37.4 Å². The zero-order valence-corrected chi connectivity index (χ0v) is 20.1. The number of nitrogens with one attached hydrogen (secondary N) is 1. The molecular formula is C20H31IN6OS. The fraction of sp³-hybridized carbons (Fsp3) is 0.600. The van der Waals surface area contributed by atoms with Crippen LogP contribution in [0.15, 0.2) is 39.4 Å². The van der Waals surface area contributed by atoms with Crippen LogP contribution < -0.4 is 5.32 Å². The van der Waals surface area contributed by atoms with Crippen molar-refractivity contribution in [3.63, 3.8) is 0 Å². The number of thiophene rings is 1. The van der Waals surface area contributed by atoms with Gasteiger partial charge in [0.1, 0.15) is 6.26 Å². The molecule has 160 valence electrons. The number of nitrogens with zero attached hydrogens (tertiary/aromatic N) is 5. The first kappa shape index (κ1) is 22.5. The molecule has 2 aromatic rings. The van der Waals surface area contributed by atoms with E-state index < -0.39 is 0 Å². The minimum atomic E-state index is 0. The summed E-state index contributed by atoms with van der Waals surface area (Å²) in [7, 11) is 1.89. The average molecular weight is 530 g/mol. The largest absolute Gasteiger partial charge is 0.364 e. The van der Waals surface area contributed by atoms with Gasteiger partial charge >= 0.3 is 0 Å². The summed E-state index contributed by atoms with van der Waals surface area (Å²) in [4.78, 5) is 13.4. The lowest BCUT2D eigenvalue weighted by Gasteiger charge is -2.37. The van der Waals surface area contributed by atoms with Gasteiger partial charge in [0, 0.05) is 57.3 Å². The Bertz CT molecular complexity index is 724. The standard InChI is InChI=1S/C20H30N6OS.HI/c1-21-20(26-11-9-24(10-12-26)16-17-6-13-27-23-17)22-15-18(19-5-4-14-28-19)25-7-2-3-8-25;/h4-6,13-14,18H,2-3,7-12,15-16H2,1H3,(H,21,22);1H. The smallest absolute Gasteiger partial charge is 0.193 e. The van der Waals surface area contributed by atoms with Crippen molar-refractivity contribution in [1.29, 1.82) is 0 Å². The number of hydrogen-bond donors (Lipinski definition) is 1. The minimum Gasteiger partial charge on any atom is -0.364 e. The molecule has 0 bridgehead atoms. The van der Waals surface area contributed by atoms with Crippen LogP contribution in [0.4, 0.5) is 0 Å². The number of hydrogen-bond acceptors (Lipinski definition) is 6. The number of aromatic nitrogens is 1. The molecular weight excluding hydrogens is 499 g/mol. The normalized spacial score (nSPS) is 19.9. The molecule has 29 heavy (non-hydrogen) atoms. The zero-order valence-electron chi connectivity index (χ0n) is 17.0. The van der Waals surface area contributed by atoms with Gasteiger partial charge in [-0.15, -0.1) is 35.3 Å². The Labute approximate surface area is 194 Å². The Balaban J connectivity index is 0.00000240. The lowest BCUT2D eigenvalue weighted by Crippen LogP contribution is -2.53. The predicted molar refractivity (Wildman–Crippen MR) is 128 cm³/mol. The summed E-state index contributed by atoms with van der Waals surface area (Å²) in [6.07, 6.45) is 4.26. The number of piperazine rings is 1. The third-order valence-electron chi connectivity index (χ3n) is 5.67. The van der Waals surface area contributed by atoms with Crippen LogP contribution in [0.1, 0.15) is 29.5 Å². The summed E-state index contributed by atoms with van der Waals surface area (Å²) >= 11 is 1.86. The fourth-order valence-electron chi connectivity index (χ4n) is 4.13. The number of aliphatic imine (C=N–C) groups is 1. The molecule has 0 saturated carbocycles. The lowest BCUT2D eigenvalue weighted by molar-refractivity contribution is 0.167. The number of rotatable bonds is 6. The second-order valence-electron chi connectivity index (χ2n) is 7.46. The van der Waals surface area contributed by atoms with Crippen LogP contribution in [0.2, 0.25) is 0 Å². The lowest BCUT2D eigenvalue weighted by atomic mass is 10.2. The summed E-state index contributed by atoms with van der Waals surface area (Å²) < 4.78 is 4.94. The zero-order chi connectivity index (χ0) is 19.2. The van der Waals surface area contributed by atoms with Gasteiger partial charge in [-0.2, -0.15) is 0 Å². The van der Waals surface area contributed by atoms with Crippen LogP contribution in [0.25, 0.3) is 0 Å². The molecule has 2 aliphatic rings. The van der Waals surface area contributed by atoms with E-state index in [1.807, 2.05) is 24.5 Å². The Hall–Kier alpha value is -1.17. The van der Waals surface area contributed by atoms with Crippen molar-refractivity contribution in [3.05, 3.63) is 40.4 Å². The Kier molecular flexibility index (Phi) is 8.76. The highest BCUT2D eigenvalue weighted by atomic mass is 127. The van der Waals surface area contributed by atoms with Crippen LogP contribution in [0, 0.1) is 0 Å². The average Bonchev–Trinajstić information content (AvgIpc) is 3.50. The van der Waals surface area contributed by atoms with Gasteiger partial charge in [0.2, 0.25) is 0 Å². The maximum Gasteiger partial charge on any atom is 0.193 e. The van der Waals surface area contributed by atoms with Gasteiger partial charge in [0.25, 0.3) is 0 Å². The van der Waals surface area contributed by atoms with Crippen LogP contribution in [0.3, 0.4) is 0 Å².